The molecule has 0 aliphatic carbocycles. The van der Waals surface area contributed by atoms with Gasteiger partial charge in [0.25, 0.3) is 6.43 Å². The number of benzene rings is 2. The molecule has 0 bridgehead atoms. The highest BCUT2D eigenvalue weighted by Crippen LogP contribution is 2.14. The first-order valence-corrected chi connectivity index (χ1v) is 10.5. The molecule has 2 amide bonds. The van der Waals surface area contributed by atoms with Crippen molar-refractivity contribution < 1.29 is 26.7 Å². The van der Waals surface area contributed by atoms with Crippen LogP contribution in [0.4, 0.5) is 13.6 Å². The zero-order valence-electron chi connectivity index (χ0n) is 15.3. The fourth-order valence-corrected chi connectivity index (χ4v) is 3.19. The third kappa shape index (κ3) is 8.34. The fourth-order valence-electron chi connectivity index (χ4n) is 2.39. The molecule has 0 aromatic heterocycles. The van der Waals surface area contributed by atoms with Gasteiger partial charge in [-0.2, -0.15) is 0 Å². The number of ether oxygens (including phenoxy) is 1. The molecule has 0 aliphatic rings. The van der Waals surface area contributed by atoms with Crippen LogP contribution >= 0.6 is 0 Å². The van der Waals surface area contributed by atoms with Crippen LogP contribution in [0.5, 0.6) is 5.75 Å². The monoisotopic (exact) mass is 412 g/mol. The zero-order valence-corrected chi connectivity index (χ0v) is 16.1. The molecule has 0 spiro atoms. The van der Waals surface area contributed by atoms with E-state index >= 15 is 0 Å². The van der Waals surface area contributed by atoms with E-state index in [4.69, 9.17) is 4.74 Å². The number of sulfone groups is 1. The van der Waals surface area contributed by atoms with Gasteiger partial charge in [0.05, 0.1) is 5.75 Å². The van der Waals surface area contributed by atoms with E-state index in [-0.39, 0.29) is 24.9 Å². The topological polar surface area (TPSA) is 84.5 Å². The van der Waals surface area contributed by atoms with E-state index in [0.717, 1.165) is 5.56 Å². The largest absolute Gasteiger partial charge is 0.488 e. The van der Waals surface area contributed by atoms with Gasteiger partial charge in [-0.25, -0.2) is 22.0 Å². The highest BCUT2D eigenvalue weighted by molar-refractivity contribution is 7.89. The minimum Gasteiger partial charge on any atom is -0.488 e. The summed E-state index contributed by atoms with van der Waals surface area (Å²) in [6.07, 6.45) is -1.37. The highest BCUT2D eigenvalue weighted by atomic mass is 32.2. The van der Waals surface area contributed by atoms with Crippen LogP contribution in [0.3, 0.4) is 0 Å². The number of carbonyl (C=O) groups is 1. The molecule has 9 heteroatoms. The van der Waals surface area contributed by atoms with Crippen molar-refractivity contribution in [1.82, 2.24) is 10.6 Å². The number of nitrogens with one attached hydrogen (secondary N) is 2. The first kappa shape index (κ1) is 21.6. The lowest BCUT2D eigenvalue weighted by atomic mass is 10.1. The van der Waals surface area contributed by atoms with Gasteiger partial charge in [0.2, 0.25) is 0 Å². The van der Waals surface area contributed by atoms with Gasteiger partial charge in [0.1, 0.15) is 12.4 Å². The highest BCUT2D eigenvalue weighted by Gasteiger charge is 2.06. The first-order valence-electron chi connectivity index (χ1n) is 8.48. The third-order valence-electron chi connectivity index (χ3n) is 3.63. The van der Waals surface area contributed by atoms with Gasteiger partial charge in [0, 0.05) is 19.3 Å². The smallest absolute Gasteiger partial charge is 0.315 e. The van der Waals surface area contributed by atoms with Crippen LogP contribution in [0.2, 0.25) is 0 Å². The number of urea groups is 1. The maximum absolute atomic E-state index is 12.2. The number of hydrogen-bond donors (Lipinski definition) is 2. The Morgan fingerprint density at radius 1 is 1.00 bits per heavy atom. The van der Waals surface area contributed by atoms with Gasteiger partial charge >= 0.3 is 6.03 Å². The predicted molar refractivity (Wildman–Crippen MR) is 102 cm³/mol. The Kier molecular flexibility index (Phi) is 7.74. The molecule has 2 aromatic rings. The summed E-state index contributed by atoms with van der Waals surface area (Å²) >= 11 is 0. The van der Waals surface area contributed by atoms with E-state index in [9.17, 15) is 22.0 Å². The quantitative estimate of drug-likeness (QED) is 0.663. The molecule has 0 unspecified atom stereocenters. The molecule has 2 N–H and O–H groups in total. The van der Waals surface area contributed by atoms with Crippen molar-refractivity contribution in [3.63, 3.8) is 0 Å². The van der Waals surface area contributed by atoms with Crippen molar-refractivity contribution in [2.45, 2.75) is 25.3 Å². The summed E-state index contributed by atoms with van der Waals surface area (Å²) < 4.78 is 51.8. The molecule has 0 saturated heterocycles. The molecule has 152 valence electrons. The normalized spacial score (nSPS) is 11.3. The van der Waals surface area contributed by atoms with Crippen molar-refractivity contribution in [1.29, 1.82) is 0 Å². The van der Waals surface area contributed by atoms with Gasteiger partial charge in [-0.1, -0.05) is 36.4 Å². The third-order valence-corrected chi connectivity index (χ3v) is 4.49. The summed E-state index contributed by atoms with van der Waals surface area (Å²) in [7, 11) is -3.09. The molecule has 2 rings (SSSR count). The Morgan fingerprint density at radius 2 is 1.61 bits per heavy atom. The maximum Gasteiger partial charge on any atom is 0.315 e. The molecule has 0 heterocycles. The summed E-state index contributed by atoms with van der Waals surface area (Å²) in [5.41, 5.74) is 2.23. The van der Waals surface area contributed by atoms with E-state index in [1.165, 1.54) is 6.26 Å². The summed E-state index contributed by atoms with van der Waals surface area (Å²) in [6, 6.07) is 13.1. The Bertz CT molecular complexity index is 887. The van der Waals surface area contributed by atoms with Crippen molar-refractivity contribution in [2.75, 3.05) is 12.9 Å². The van der Waals surface area contributed by atoms with Crippen LogP contribution in [0.1, 0.15) is 16.7 Å². The second-order valence-electron chi connectivity index (χ2n) is 6.27. The molecular formula is C19H22F2N2O4S. The molecule has 28 heavy (non-hydrogen) atoms. The summed E-state index contributed by atoms with van der Waals surface area (Å²) in [4.78, 5) is 11.9. The second-order valence-corrected chi connectivity index (χ2v) is 8.41. The number of amides is 2. The van der Waals surface area contributed by atoms with Crippen LogP contribution in [0, 0.1) is 0 Å². The molecule has 0 atom stereocenters. The van der Waals surface area contributed by atoms with Gasteiger partial charge in [-0.15, -0.1) is 0 Å². The molecule has 0 saturated carbocycles. The summed E-state index contributed by atoms with van der Waals surface area (Å²) in [5, 5.41) is 5.36. The number of alkyl halides is 2. The average molecular weight is 412 g/mol. The SMILES string of the molecule is CS(=O)(=O)Cc1ccc(CNC(=O)NCc2cccc(OCC(F)F)c2)cc1. The molecule has 2 aromatic carbocycles. The Balaban J connectivity index is 1.77. The second kappa shape index (κ2) is 10.0. The lowest BCUT2D eigenvalue weighted by molar-refractivity contribution is 0.0818. The van der Waals surface area contributed by atoms with Gasteiger partial charge in [-0.05, 0) is 28.8 Å². The van der Waals surface area contributed by atoms with E-state index in [1.54, 1.807) is 48.5 Å². The predicted octanol–water partition coefficient (Wildman–Crippen LogP) is 2.87. The van der Waals surface area contributed by atoms with Crippen LogP contribution in [-0.4, -0.2) is 33.7 Å². The zero-order chi connectivity index (χ0) is 20.6. The van der Waals surface area contributed by atoms with E-state index in [2.05, 4.69) is 10.6 Å². The average Bonchev–Trinajstić information content (AvgIpc) is 2.63. The van der Waals surface area contributed by atoms with E-state index < -0.39 is 22.9 Å². The van der Waals surface area contributed by atoms with E-state index in [0.29, 0.717) is 16.9 Å². The Hall–Kier alpha value is -2.68. The van der Waals surface area contributed by atoms with E-state index in [1.807, 2.05) is 0 Å². The molecule has 0 fully saturated rings. The number of rotatable bonds is 9. The van der Waals surface area contributed by atoms with Gasteiger partial charge < -0.3 is 15.4 Å². The Morgan fingerprint density at radius 3 is 2.21 bits per heavy atom. The minimum absolute atomic E-state index is 0.0265. The summed E-state index contributed by atoms with van der Waals surface area (Å²) in [5.74, 6) is 0.288. The van der Waals surface area contributed by atoms with Gasteiger partial charge in [0.15, 0.2) is 9.84 Å². The van der Waals surface area contributed by atoms with Crippen LogP contribution < -0.4 is 15.4 Å². The van der Waals surface area contributed by atoms with Crippen LogP contribution in [0.15, 0.2) is 48.5 Å². The van der Waals surface area contributed by atoms with Crippen molar-refractivity contribution in [2.24, 2.45) is 0 Å². The standard InChI is InChI=1S/C19H22F2N2O4S/c1-28(25,26)13-15-7-5-14(6-8-15)10-22-19(24)23-11-16-3-2-4-17(9-16)27-12-18(20)21/h2-9,18H,10-13H2,1H3,(H2,22,23,24). The maximum atomic E-state index is 12.2. The number of carbonyl (C=O) groups excluding carboxylic acids is 1. The van der Waals surface area contributed by atoms with Crippen LogP contribution in [-0.2, 0) is 28.7 Å². The van der Waals surface area contributed by atoms with Crippen molar-refractivity contribution >= 4 is 15.9 Å². The van der Waals surface area contributed by atoms with Crippen LogP contribution in [0.25, 0.3) is 0 Å². The van der Waals surface area contributed by atoms with Crippen molar-refractivity contribution in [3.8, 4) is 5.75 Å². The number of hydrogen-bond acceptors (Lipinski definition) is 4. The molecule has 6 nitrogen and oxygen atoms in total. The fraction of sp³-hybridized carbons (Fsp3) is 0.316. The minimum atomic E-state index is -3.09. The number of halogens is 2. The van der Waals surface area contributed by atoms with Crippen molar-refractivity contribution in [3.05, 3.63) is 65.2 Å². The van der Waals surface area contributed by atoms with Gasteiger partial charge in [-0.3, -0.25) is 0 Å². The Labute approximate surface area is 162 Å². The molecule has 0 aliphatic heterocycles. The lowest BCUT2D eigenvalue weighted by Crippen LogP contribution is -2.34. The summed E-state index contributed by atoms with van der Waals surface area (Å²) in [6.45, 7) is -0.187. The first-order chi connectivity index (χ1) is 13.2. The lowest BCUT2D eigenvalue weighted by Gasteiger charge is -2.10. The molecule has 0 radical (unpaired) electrons. The molecular weight excluding hydrogens is 390 g/mol.